The Labute approximate surface area is 278 Å². The SMILES string of the molecule is CCCCNC(=O)C(CC(C)c1ccccc1)CC(C)(CC)C(=O)Nc1[nH]n(-c2c(Cl)cc(Cl)cc2Cl)c(=O)c1-n1cccn1. The third kappa shape index (κ3) is 8.01. The average molecular weight is 674 g/mol. The van der Waals surface area contributed by atoms with E-state index in [0.29, 0.717) is 30.8 Å². The van der Waals surface area contributed by atoms with Crippen molar-refractivity contribution in [3.8, 4) is 11.4 Å². The van der Waals surface area contributed by atoms with Gasteiger partial charge in [-0.1, -0.05) is 99.3 Å². The highest BCUT2D eigenvalue weighted by atomic mass is 35.5. The second-order valence-electron chi connectivity index (χ2n) is 11.6. The second kappa shape index (κ2) is 15.2. The van der Waals surface area contributed by atoms with E-state index in [1.54, 1.807) is 12.3 Å². The van der Waals surface area contributed by atoms with Crippen molar-refractivity contribution < 1.29 is 9.59 Å². The average Bonchev–Trinajstić information content (AvgIpc) is 3.64. The van der Waals surface area contributed by atoms with E-state index in [1.807, 2.05) is 32.0 Å². The van der Waals surface area contributed by atoms with Gasteiger partial charge in [0.1, 0.15) is 5.69 Å². The number of nitrogens with zero attached hydrogens (tertiary/aromatic N) is 3. The number of H-pyrrole nitrogens is 1. The molecule has 4 rings (SSSR count). The van der Waals surface area contributed by atoms with Crippen LogP contribution in [0.25, 0.3) is 11.4 Å². The minimum absolute atomic E-state index is 0.0671. The number of unbranched alkanes of at least 4 members (excludes halogenated alkanes) is 1. The van der Waals surface area contributed by atoms with Gasteiger partial charge in [0.2, 0.25) is 11.8 Å². The molecule has 2 heterocycles. The highest BCUT2D eigenvalue weighted by molar-refractivity contribution is 6.40. The van der Waals surface area contributed by atoms with Crippen LogP contribution in [0.3, 0.4) is 0 Å². The van der Waals surface area contributed by atoms with Crippen molar-refractivity contribution in [1.82, 2.24) is 24.9 Å². The Bertz CT molecular complexity index is 1650. The van der Waals surface area contributed by atoms with Crippen LogP contribution in [0.2, 0.25) is 15.1 Å². The maximum atomic E-state index is 14.1. The zero-order valence-electron chi connectivity index (χ0n) is 25.9. The summed E-state index contributed by atoms with van der Waals surface area (Å²) in [6.07, 6.45) is 6.29. The number of aromatic amines is 1. The Morgan fingerprint density at radius 2 is 1.73 bits per heavy atom. The summed E-state index contributed by atoms with van der Waals surface area (Å²) >= 11 is 19.0. The molecule has 9 nitrogen and oxygen atoms in total. The van der Waals surface area contributed by atoms with Crippen molar-refractivity contribution in [3.63, 3.8) is 0 Å². The number of hydrogen-bond acceptors (Lipinski definition) is 4. The minimum atomic E-state index is -0.959. The summed E-state index contributed by atoms with van der Waals surface area (Å²) in [4.78, 5) is 41.4. The van der Waals surface area contributed by atoms with E-state index in [1.165, 1.54) is 23.0 Å². The normalized spacial score (nSPS) is 14.0. The minimum Gasteiger partial charge on any atom is -0.356 e. The first kappa shape index (κ1) is 34.3. The van der Waals surface area contributed by atoms with Gasteiger partial charge in [-0.2, -0.15) is 5.10 Å². The monoisotopic (exact) mass is 672 g/mol. The van der Waals surface area contributed by atoms with E-state index in [9.17, 15) is 14.4 Å². The summed E-state index contributed by atoms with van der Waals surface area (Å²) in [5.41, 5.74) is -0.116. The predicted octanol–water partition coefficient (Wildman–Crippen LogP) is 7.78. The largest absolute Gasteiger partial charge is 0.356 e. The van der Waals surface area contributed by atoms with Crippen LogP contribution in [0, 0.1) is 11.3 Å². The number of benzene rings is 2. The lowest BCUT2D eigenvalue weighted by Gasteiger charge is -2.32. The van der Waals surface area contributed by atoms with Gasteiger partial charge < -0.3 is 10.6 Å². The van der Waals surface area contributed by atoms with E-state index in [4.69, 9.17) is 34.8 Å². The maximum Gasteiger partial charge on any atom is 0.299 e. The van der Waals surface area contributed by atoms with Gasteiger partial charge in [0.15, 0.2) is 11.5 Å². The molecular weight excluding hydrogens is 635 g/mol. The third-order valence-electron chi connectivity index (χ3n) is 8.28. The van der Waals surface area contributed by atoms with Crippen LogP contribution in [-0.2, 0) is 9.59 Å². The van der Waals surface area contributed by atoms with Crippen LogP contribution >= 0.6 is 34.8 Å². The fourth-order valence-corrected chi connectivity index (χ4v) is 6.39. The van der Waals surface area contributed by atoms with Crippen LogP contribution in [0.1, 0.15) is 71.3 Å². The van der Waals surface area contributed by atoms with Gasteiger partial charge in [-0.3, -0.25) is 19.5 Å². The van der Waals surface area contributed by atoms with Crippen molar-refractivity contribution in [2.75, 3.05) is 11.9 Å². The molecule has 3 N–H and O–H groups in total. The lowest BCUT2D eigenvalue weighted by atomic mass is 9.74. The molecule has 0 aliphatic carbocycles. The lowest BCUT2D eigenvalue weighted by Crippen LogP contribution is -2.40. The Hall–Kier alpha value is -3.53. The molecule has 2 aromatic heterocycles. The van der Waals surface area contributed by atoms with Crippen LogP contribution < -0.4 is 16.2 Å². The van der Waals surface area contributed by atoms with Gasteiger partial charge in [0.05, 0.1) is 10.0 Å². The number of carbonyl (C=O) groups excluding carboxylic acids is 2. The van der Waals surface area contributed by atoms with Crippen molar-refractivity contribution >= 4 is 52.4 Å². The van der Waals surface area contributed by atoms with Gasteiger partial charge >= 0.3 is 0 Å². The van der Waals surface area contributed by atoms with Crippen LogP contribution in [0.5, 0.6) is 0 Å². The standard InChI is InChI=1S/C33H39Cl3N6O3/c1-5-7-14-37-30(43)23(17-21(3)22-12-9-8-10-13-22)20-33(4,6-2)32(45)39-29-28(41-16-11-15-38-41)31(44)42(40-29)27-25(35)18-24(34)19-26(27)36/h8-13,15-16,18-19,21,23,40H,5-7,14,17,20H2,1-4H3,(H,37,43)(H,39,45). The number of rotatable bonds is 14. The molecule has 0 bridgehead atoms. The van der Waals surface area contributed by atoms with Gasteiger partial charge in [-0.25, -0.2) is 9.36 Å². The first-order valence-electron chi connectivity index (χ1n) is 15.1. The number of amides is 2. The summed E-state index contributed by atoms with van der Waals surface area (Å²) in [6, 6.07) is 14.7. The summed E-state index contributed by atoms with van der Waals surface area (Å²) in [6.45, 7) is 8.52. The fraction of sp³-hybridized carbons (Fsp3) is 0.394. The maximum absolute atomic E-state index is 14.1. The topological polar surface area (TPSA) is 114 Å². The molecule has 0 aliphatic rings. The first-order valence-corrected chi connectivity index (χ1v) is 16.3. The molecule has 45 heavy (non-hydrogen) atoms. The number of carbonyl (C=O) groups is 2. The molecule has 12 heteroatoms. The number of halogens is 3. The molecule has 0 radical (unpaired) electrons. The van der Waals surface area contributed by atoms with Crippen molar-refractivity contribution in [1.29, 1.82) is 0 Å². The van der Waals surface area contributed by atoms with E-state index in [2.05, 4.69) is 46.8 Å². The van der Waals surface area contributed by atoms with Crippen molar-refractivity contribution in [2.24, 2.45) is 11.3 Å². The summed E-state index contributed by atoms with van der Waals surface area (Å²) < 4.78 is 2.51. The number of hydrogen-bond donors (Lipinski definition) is 3. The first-order chi connectivity index (χ1) is 21.5. The second-order valence-corrected chi connectivity index (χ2v) is 12.9. The highest BCUT2D eigenvalue weighted by Crippen LogP contribution is 2.37. The van der Waals surface area contributed by atoms with Crippen molar-refractivity contribution in [3.05, 3.63) is 91.9 Å². The molecule has 2 amide bonds. The molecule has 240 valence electrons. The molecule has 0 saturated heterocycles. The number of anilines is 1. The van der Waals surface area contributed by atoms with Gasteiger partial charge in [-0.15, -0.1) is 0 Å². The molecule has 2 aromatic carbocycles. The lowest BCUT2D eigenvalue weighted by molar-refractivity contribution is -0.130. The summed E-state index contributed by atoms with van der Waals surface area (Å²) in [5.74, 6) is -0.630. The zero-order chi connectivity index (χ0) is 32.7. The van der Waals surface area contributed by atoms with Gasteiger partial charge in [0.25, 0.3) is 5.56 Å². The Morgan fingerprint density at radius 1 is 1.04 bits per heavy atom. The Morgan fingerprint density at radius 3 is 2.33 bits per heavy atom. The van der Waals surface area contributed by atoms with Crippen LogP contribution in [0.15, 0.2) is 65.7 Å². The quantitative estimate of drug-likeness (QED) is 0.119. The van der Waals surface area contributed by atoms with Crippen molar-refractivity contribution in [2.45, 2.75) is 65.7 Å². The summed E-state index contributed by atoms with van der Waals surface area (Å²) in [5, 5.41) is 13.8. The molecule has 0 aliphatic heterocycles. The van der Waals surface area contributed by atoms with E-state index in [0.717, 1.165) is 23.1 Å². The molecule has 0 fully saturated rings. The van der Waals surface area contributed by atoms with Crippen LogP contribution in [-0.4, -0.2) is 37.9 Å². The molecule has 0 spiro atoms. The number of nitrogens with one attached hydrogen (secondary N) is 3. The molecule has 3 unspecified atom stereocenters. The molecular formula is C33H39Cl3N6O3. The van der Waals surface area contributed by atoms with E-state index < -0.39 is 16.9 Å². The number of aromatic nitrogens is 4. The molecule has 3 atom stereocenters. The molecule has 0 saturated carbocycles. The smallest absolute Gasteiger partial charge is 0.299 e. The van der Waals surface area contributed by atoms with E-state index >= 15 is 0 Å². The zero-order valence-corrected chi connectivity index (χ0v) is 28.1. The Balaban J connectivity index is 1.68. The predicted molar refractivity (Wildman–Crippen MR) is 181 cm³/mol. The van der Waals surface area contributed by atoms with Gasteiger partial charge in [0, 0.05) is 35.3 Å². The van der Waals surface area contributed by atoms with Crippen LogP contribution in [0.4, 0.5) is 5.82 Å². The fourth-order valence-electron chi connectivity index (χ4n) is 5.40. The highest BCUT2D eigenvalue weighted by Gasteiger charge is 2.38. The summed E-state index contributed by atoms with van der Waals surface area (Å²) in [7, 11) is 0. The molecule has 4 aromatic rings. The third-order valence-corrected chi connectivity index (χ3v) is 9.07. The Kier molecular flexibility index (Phi) is 11.6. The van der Waals surface area contributed by atoms with Gasteiger partial charge in [-0.05, 0) is 55.4 Å². The van der Waals surface area contributed by atoms with E-state index in [-0.39, 0.29) is 45.0 Å².